The predicted molar refractivity (Wildman–Crippen MR) is 107 cm³/mol. The molecule has 3 atom stereocenters. The fourth-order valence-corrected chi connectivity index (χ4v) is 4.99. The van der Waals surface area contributed by atoms with E-state index in [2.05, 4.69) is 24.1 Å². The number of carbonyl (C=O) groups excluding carboxylic acids is 3. The van der Waals surface area contributed by atoms with Gasteiger partial charge in [-0.25, -0.2) is 4.39 Å². The summed E-state index contributed by atoms with van der Waals surface area (Å²) in [5.74, 6) is -1.60. The van der Waals surface area contributed by atoms with Crippen LogP contribution in [0.3, 0.4) is 0 Å². The number of benzene rings is 1. The number of hydrogen-bond acceptors (Lipinski definition) is 5. The molecule has 3 amide bonds. The minimum absolute atomic E-state index is 0.00756. The lowest BCUT2D eigenvalue weighted by Gasteiger charge is -2.31. The van der Waals surface area contributed by atoms with Crippen molar-refractivity contribution in [1.82, 2.24) is 15.1 Å². The Kier molecular flexibility index (Phi) is 5.77. The zero-order chi connectivity index (χ0) is 21.4. The third-order valence-corrected chi connectivity index (χ3v) is 6.59. The van der Waals surface area contributed by atoms with Crippen LogP contribution in [0, 0.1) is 5.82 Å². The first-order valence-corrected chi connectivity index (χ1v) is 10.8. The minimum atomic E-state index is -0.756. The first-order chi connectivity index (χ1) is 14.4. The van der Waals surface area contributed by atoms with Crippen molar-refractivity contribution in [2.24, 2.45) is 0 Å². The van der Waals surface area contributed by atoms with Crippen LogP contribution in [0.2, 0.25) is 0 Å². The number of hydrogen-bond donors (Lipinski definition) is 1. The largest absolute Gasteiger partial charge is 0.486 e. The Morgan fingerprint density at radius 2 is 1.93 bits per heavy atom. The lowest BCUT2D eigenvalue weighted by atomic mass is 10.0. The van der Waals surface area contributed by atoms with Crippen molar-refractivity contribution in [2.45, 2.75) is 70.7 Å². The van der Waals surface area contributed by atoms with Gasteiger partial charge in [-0.1, -0.05) is 13.8 Å². The highest BCUT2D eigenvalue weighted by atomic mass is 19.1. The van der Waals surface area contributed by atoms with Gasteiger partial charge in [0.1, 0.15) is 12.1 Å². The summed E-state index contributed by atoms with van der Waals surface area (Å²) in [6.07, 6.45) is 3.28. The third-order valence-electron chi connectivity index (χ3n) is 6.59. The lowest BCUT2D eigenvalue weighted by molar-refractivity contribution is -0.136. The number of piperidine rings is 1. The van der Waals surface area contributed by atoms with Crippen LogP contribution in [-0.2, 0) is 16.1 Å². The highest BCUT2D eigenvalue weighted by Crippen LogP contribution is 2.35. The molecule has 0 spiro atoms. The van der Waals surface area contributed by atoms with Gasteiger partial charge in [0.15, 0.2) is 11.6 Å². The monoisotopic (exact) mass is 417 g/mol. The fourth-order valence-electron chi connectivity index (χ4n) is 4.99. The van der Waals surface area contributed by atoms with Crippen molar-refractivity contribution in [2.75, 3.05) is 13.1 Å². The van der Waals surface area contributed by atoms with E-state index in [9.17, 15) is 14.4 Å². The number of imide groups is 1. The normalized spacial score (nSPS) is 26.3. The summed E-state index contributed by atoms with van der Waals surface area (Å²) in [6, 6.07) is 2.61. The van der Waals surface area contributed by atoms with E-state index in [0.29, 0.717) is 0 Å². The van der Waals surface area contributed by atoms with E-state index in [1.165, 1.54) is 11.0 Å². The van der Waals surface area contributed by atoms with Gasteiger partial charge in [0.25, 0.3) is 5.91 Å². The van der Waals surface area contributed by atoms with Crippen LogP contribution in [0.25, 0.3) is 0 Å². The molecule has 2 aliphatic heterocycles. The van der Waals surface area contributed by atoms with Crippen molar-refractivity contribution in [3.63, 3.8) is 0 Å². The fraction of sp³-hybridized carbons (Fsp3) is 0.591. The lowest BCUT2D eigenvalue weighted by Crippen LogP contribution is -2.52. The molecule has 0 aromatic heterocycles. The van der Waals surface area contributed by atoms with E-state index in [4.69, 9.17) is 4.74 Å². The van der Waals surface area contributed by atoms with Gasteiger partial charge in [-0.05, 0) is 50.9 Å². The average molecular weight is 417 g/mol. The highest BCUT2D eigenvalue weighted by Gasteiger charge is 2.41. The zero-order valence-corrected chi connectivity index (χ0v) is 17.4. The summed E-state index contributed by atoms with van der Waals surface area (Å²) in [7, 11) is 0. The average Bonchev–Trinajstić information content (AvgIpc) is 3.31. The molecule has 2 heterocycles. The molecule has 1 saturated carbocycles. The Labute approximate surface area is 175 Å². The van der Waals surface area contributed by atoms with E-state index in [0.717, 1.165) is 32.4 Å². The molecule has 4 rings (SSSR count). The van der Waals surface area contributed by atoms with Crippen molar-refractivity contribution in [3.05, 3.63) is 29.1 Å². The Morgan fingerprint density at radius 1 is 1.17 bits per heavy atom. The second-order valence-electron chi connectivity index (χ2n) is 8.18. The van der Waals surface area contributed by atoms with Gasteiger partial charge in [0.05, 0.1) is 6.54 Å². The van der Waals surface area contributed by atoms with Gasteiger partial charge in [-0.2, -0.15) is 0 Å². The quantitative estimate of drug-likeness (QED) is 0.718. The molecule has 1 N–H and O–H groups in total. The molecule has 1 aromatic rings. The Morgan fingerprint density at radius 3 is 2.63 bits per heavy atom. The van der Waals surface area contributed by atoms with E-state index >= 15 is 4.39 Å². The molecule has 1 aromatic carbocycles. The summed E-state index contributed by atoms with van der Waals surface area (Å²) in [4.78, 5) is 40.1. The maximum absolute atomic E-state index is 15.3. The van der Waals surface area contributed by atoms with Crippen LogP contribution < -0.4 is 10.1 Å². The highest BCUT2D eigenvalue weighted by molar-refractivity contribution is 6.05. The van der Waals surface area contributed by atoms with Crippen molar-refractivity contribution >= 4 is 17.7 Å². The molecule has 0 bridgehead atoms. The first-order valence-electron chi connectivity index (χ1n) is 10.8. The number of rotatable bonds is 6. The van der Waals surface area contributed by atoms with Gasteiger partial charge >= 0.3 is 0 Å². The molecule has 3 aliphatic rings. The van der Waals surface area contributed by atoms with Crippen LogP contribution in [-0.4, -0.2) is 58.8 Å². The molecular weight excluding hydrogens is 389 g/mol. The van der Waals surface area contributed by atoms with Gasteiger partial charge in [0, 0.05) is 23.6 Å². The van der Waals surface area contributed by atoms with Gasteiger partial charge < -0.3 is 9.64 Å². The Balaban J connectivity index is 1.53. The van der Waals surface area contributed by atoms with Crippen molar-refractivity contribution in [3.8, 4) is 5.75 Å². The smallest absolute Gasteiger partial charge is 0.255 e. The number of likely N-dealkylation sites (N-methyl/N-ethyl adjacent to an activating group) is 1. The third kappa shape index (κ3) is 3.57. The van der Waals surface area contributed by atoms with Crippen LogP contribution in [0.1, 0.15) is 61.9 Å². The first kappa shape index (κ1) is 20.8. The molecular formula is C22H28FN3O4. The Bertz CT molecular complexity index is 870. The van der Waals surface area contributed by atoms with Gasteiger partial charge in [-0.15, -0.1) is 0 Å². The molecule has 7 nitrogen and oxygen atoms in total. The van der Waals surface area contributed by atoms with E-state index in [1.54, 1.807) is 6.07 Å². The topological polar surface area (TPSA) is 79.0 Å². The van der Waals surface area contributed by atoms with E-state index in [1.807, 2.05) is 0 Å². The standard InChI is InChI=1S/C22H28FN3O4/c1-3-25(4-2)15-6-5-7-17(15)30-18-10-8-13-14(20(18)23)12-26(22(13)29)16-9-11-19(27)24-21(16)28/h8,10,15-17H,3-7,9,11-12H2,1-2H3,(H,24,27,28). The molecule has 162 valence electrons. The van der Waals surface area contributed by atoms with Crippen LogP contribution in [0.5, 0.6) is 5.75 Å². The molecule has 0 radical (unpaired) electrons. The van der Waals surface area contributed by atoms with Crippen molar-refractivity contribution < 1.29 is 23.5 Å². The van der Waals surface area contributed by atoms with Crippen LogP contribution in [0.4, 0.5) is 4.39 Å². The SMILES string of the molecule is CCN(CC)C1CCCC1Oc1ccc2c(c1F)CN(C1CCC(=O)NC1=O)C2=O. The maximum atomic E-state index is 15.3. The van der Waals surface area contributed by atoms with E-state index in [-0.39, 0.29) is 60.2 Å². The van der Waals surface area contributed by atoms with Crippen LogP contribution in [0.15, 0.2) is 12.1 Å². The maximum Gasteiger partial charge on any atom is 0.255 e. The number of nitrogens with one attached hydrogen (secondary N) is 1. The summed E-state index contributed by atoms with van der Waals surface area (Å²) in [6.45, 7) is 6.08. The van der Waals surface area contributed by atoms with Crippen molar-refractivity contribution in [1.29, 1.82) is 0 Å². The number of carbonyl (C=O) groups is 3. The van der Waals surface area contributed by atoms with Crippen LogP contribution >= 0.6 is 0 Å². The molecule has 2 fully saturated rings. The van der Waals surface area contributed by atoms with Gasteiger partial charge in [0.2, 0.25) is 11.8 Å². The second kappa shape index (κ2) is 8.34. The summed E-state index contributed by atoms with van der Waals surface area (Å²) < 4.78 is 21.4. The Hall–Kier alpha value is -2.48. The summed E-state index contributed by atoms with van der Waals surface area (Å²) >= 11 is 0. The molecule has 8 heteroatoms. The predicted octanol–water partition coefficient (Wildman–Crippen LogP) is 2.23. The number of ether oxygens (including phenoxy) is 1. The number of fused-ring (bicyclic) bond motifs is 1. The molecule has 30 heavy (non-hydrogen) atoms. The molecule has 3 unspecified atom stereocenters. The van der Waals surface area contributed by atoms with Gasteiger partial charge in [-0.3, -0.25) is 24.6 Å². The molecule has 1 aliphatic carbocycles. The summed E-state index contributed by atoms with van der Waals surface area (Å²) in [5, 5.41) is 2.26. The summed E-state index contributed by atoms with van der Waals surface area (Å²) in [5.41, 5.74) is 0.524. The number of amides is 3. The second-order valence-corrected chi connectivity index (χ2v) is 8.18. The van der Waals surface area contributed by atoms with E-state index < -0.39 is 17.8 Å². The molecule has 1 saturated heterocycles. The minimum Gasteiger partial charge on any atom is -0.486 e. The number of nitrogens with zero attached hydrogens (tertiary/aromatic N) is 2. The zero-order valence-electron chi connectivity index (χ0n) is 17.4. The number of halogens is 1.